The largest absolute Gasteiger partial charge is 0.397 e. The first kappa shape index (κ1) is 16.7. The number of fused-ring (bicyclic) bond motifs is 1. The molecule has 0 atom stereocenters. The van der Waals surface area contributed by atoms with Gasteiger partial charge in [-0.05, 0) is 42.5 Å². The molecule has 27 heavy (non-hydrogen) atoms. The zero-order valence-corrected chi connectivity index (χ0v) is 14.8. The third-order valence-electron chi connectivity index (χ3n) is 4.01. The van der Waals surface area contributed by atoms with Crippen molar-refractivity contribution in [3.63, 3.8) is 0 Å². The number of nitrogens with zero attached hydrogens (tertiary/aromatic N) is 3. The summed E-state index contributed by atoms with van der Waals surface area (Å²) in [6.45, 7) is 0. The summed E-state index contributed by atoms with van der Waals surface area (Å²) in [6.07, 6.45) is 3.44. The summed E-state index contributed by atoms with van der Waals surface area (Å²) in [6, 6.07) is 16.3. The second kappa shape index (κ2) is 6.86. The van der Waals surface area contributed by atoms with Crippen molar-refractivity contribution < 1.29 is 4.79 Å². The van der Waals surface area contributed by atoms with Crippen LogP contribution in [0.2, 0.25) is 0 Å². The van der Waals surface area contributed by atoms with Crippen LogP contribution in [0.3, 0.4) is 0 Å². The highest BCUT2D eigenvalue weighted by Gasteiger charge is 2.18. The highest BCUT2D eigenvalue weighted by molar-refractivity contribution is 7.21. The van der Waals surface area contributed by atoms with Gasteiger partial charge in [-0.2, -0.15) is 5.26 Å². The molecule has 4 aromatic rings. The number of rotatable bonds is 3. The van der Waals surface area contributed by atoms with Gasteiger partial charge in [-0.3, -0.25) is 9.78 Å². The predicted molar refractivity (Wildman–Crippen MR) is 106 cm³/mol. The Morgan fingerprint density at radius 2 is 2.07 bits per heavy atom. The fraction of sp³-hybridized carbons (Fsp3) is 0. The summed E-state index contributed by atoms with van der Waals surface area (Å²) < 4.78 is 0. The van der Waals surface area contributed by atoms with Crippen molar-refractivity contribution in [1.29, 1.82) is 5.26 Å². The van der Waals surface area contributed by atoms with Gasteiger partial charge < -0.3 is 11.1 Å². The monoisotopic (exact) mass is 371 g/mol. The van der Waals surface area contributed by atoms with Crippen molar-refractivity contribution in [2.45, 2.75) is 0 Å². The minimum atomic E-state index is -0.325. The molecule has 0 saturated carbocycles. The second-order valence-electron chi connectivity index (χ2n) is 5.78. The highest BCUT2D eigenvalue weighted by Crippen LogP contribution is 2.34. The van der Waals surface area contributed by atoms with Gasteiger partial charge in [0.2, 0.25) is 0 Å². The first-order valence-electron chi connectivity index (χ1n) is 8.06. The van der Waals surface area contributed by atoms with Crippen LogP contribution in [0.25, 0.3) is 21.5 Å². The number of anilines is 2. The van der Waals surface area contributed by atoms with E-state index in [0.717, 1.165) is 16.6 Å². The number of nitriles is 1. The van der Waals surface area contributed by atoms with Crippen LogP contribution in [0.5, 0.6) is 0 Å². The Morgan fingerprint density at radius 3 is 2.85 bits per heavy atom. The van der Waals surface area contributed by atoms with E-state index in [-0.39, 0.29) is 5.91 Å². The lowest BCUT2D eigenvalue weighted by molar-refractivity contribution is 0.103. The highest BCUT2D eigenvalue weighted by atomic mass is 32.1. The molecule has 4 rings (SSSR count). The molecule has 0 unspecified atom stereocenters. The van der Waals surface area contributed by atoms with Crippen molar-refractivity contribution in [2.24, 2.45) is 0 Å². The van der Waals surface area contributed by atoms with E-state index in [1.165, 1.54) is 11.3 Å². The number of hydrogen-bond acceptors (Lipinski definition) is 6. The molecule has 0 aliphatic rings. The first-order valence-corrected chi connectivity index (χ1v) is 8.88. The molecule has 0 aliphatic heterocycles. The minimum absolute atomic E-state index is 0.325. The number of pyridine rings is 2. The number of amides is 1. The van der Waals surface area contributed by atoms with E-state index in [0.29, 0.717) is 26.6 Å². The smallest absolute Gasteiger partial charge is 0.267 e. The molecule has 0 radical (unpaired) electrons. The van der Waals surface area contributed by atoms with E-state index in [4.69, 9.17) is 11.0 Å². The minimum Gasteiger partial charge on any atom is -0.397 e. The third kappa shape index (κ3) is 3.21. The Balaban J connectivity index is 1.68. The van der Waals surface area contributed by atoms with Crippen molar-refractivity contribution in [3.05, 3.63) is 71.4 Å². The number of nitrogens with one attached hydrogen (secondary N) is 1. The molecule has 0 fully saturated rings. The molecular weight excluding hydrogens is 358 g/mol. The lowest BCUT2D eigenvalue weighted by Crippen LogP contribution is -2.11. The number of carbonyl (C=O) groups excluding carboxylic acids is 1. The molecule has 3 aromatic heterocycles. The number of nitrogens with two attached hydrogens (primary N) is 1. The van der Waals surface area contributed by atoms with Crippen LogP contribution in [-0.4, -0.2) is 15.9 Å². The van der Waals surface area contributed by atoms with Crippen molar-refractivity contribution in [3.8, 4) is 17.3 Å². The average molecular weight is 371 g/mol. The van der Waals surface area contributed by atoms with Gasteiger partial charge in [0.05, 0.1) is 23.0 Å². The Labute approximate surface area is 158 Å². The topological polar surface area (TPSA) is 105 Å². The van der Waals surface area contributed by atoms with E-state index in [1.54, 1.807) is 36.7 Å². The van der Waals surface area contributed by atoms with E-state index in [2.05, 4.69) is 15.3 Å². The number of thiophene rings is 1. The quantitative estimate of drug-likeness (QED) is 0.565. The van der Waals surface area contributed by atoms with Gasteiger partial charge in [0.15, 0.2) is 0 Å². The number of nitrogen functional groups attached to an aromatic ring is 1. The summed E-state index contributed by atoms with van der Waals surface area (Å²) in [4.78, 5) is 22.5. The molecule has 0 bridgehead atoms. The SMILES string of the molecule is N#Cc1cccc(NC(=O)c2sc3nc(-c4cccnc4)ccc3c2N)c1. The van der Waals surface area contributed by atoms with Crippen molar-refractivity contribution in [2.75, 3.05) is 11.1 Å². The molecule has 7 heteroatoms. The Kier molecular flexibility index (Phi) is 4.24. The molecule has 0 saturated heterocycles. The van der Waals surface area contributed by atoms with Gasteiger partial charge in [0.1, 0.15) is 9.71 Å². The van der Waals surface area contributed by atoms with Gasteiger partial charge in [0, 0.05) is 29.0 Å². The Hall–Kier alpha value is -3.76. The first-order chi connectivity index (χ1) is 13.2. The summed E-state index contributed by atoms with van der Waals surface area (Å²) in [5, 5.41) is 12.5. The second-order valence-corrected chi connectivity index (χ2v) is 6.78. The molecule has 3 heterocycles. The summed E-state index contributed by atoms with van der Waals surface area (Å²) in [5.74, 6) is -0.325. The molecular formula is C20H13N5OS. The lowest BCUT2D eigenvalue weighted by atomic mass is 10.1. The van der Waals surface area contributed by atoms with Crippen LogP contribution in [-0.2, 0) is 0 Å². The van der Waals surface area contributed by atoms with Crippen molar-refractivity contribution in [1.82, 2.24) is 9.97 Å². The van der Waals surface area contributed by atoms with Crippen LogP contribution >= 0.6 is 11.3 Å². The molecule has 1 aromatic carbocycles. The van der Waals surface area contributed by atoms with Crippen molar-refractivity contribution >= 4 is 38.8 Å². The number of hydrogen-bond donors (Lipinski definition) is 2. The fourth-order valence-corrected chi connectivity index (χ4v) is 3.68. The third-order valence-corrected chi connectivity index (χ3v) is 5.12. The summed E-state index contributed by atoms with van der Waals surface area (Å²) in [7, 11) is 0. The van der Waals surface area contributed by atoms with Crippen LogP contribution in [0.1, 0.15) is 15.2 Å². The number of carbonyl (C=O) groups is 1. The lowest BCUT2D eigenvalue weighted by Gasteiger charge is -2.04. The van der Waals surface area contributed by atoms with Gasteiger partial charge in [-0.15, -0.1) is 11.3 Å². The zero-order chi connectivity index (χ0) is 18.8. The molecule has 3 N–H and O–H groups in total. The molecule has 130 valence electrons. The number of benzene rings is 1. The Morgan fingerprint density at radius 1 is 1.19 bits per heavy atom. The normalized spacial score (nSPS) is 10.5. The molecule has 0 spiro atoms. The molecule has 1 amide bonds. The summed E-state index contributed by atoms with van der Waals surface area (Å²) >= 11 is 1.24. The van der Waals surface area contributed by atoms with Crippen LogP contribution in [0, 0.1) is 11.3 Å². The van der Waals surface area contributed by atoms with Crippen LogP contribution in [0.15, 0.2) is 60.9 Å². The van der Waals surface area contributed by atoms with E-state index < -0.39 is 0 Å². The van der Waals surface area contributed by atoms with Gasteiger partial charge in [-0.25, -0.2) is 4.98 Å². The maximum atomic E-state index is 12.7. The molecule has 6 nitrogen and oxygen atoms in total. The van der Waals surface area contributed by atoms with Gasteiger partial charge >= 0.3 is 0 Å². The van der Waals surface area contributed by atoms with E-state index in [9.17, 15) is 4.79 Å². The van der Waals surface area contributed by atoms with Gasteiger partial charge in [-0.1, -0.05) is 6.07 Å². The van der Waals surface area contributed by atoms with E-state index >= 15 is 0 Å². The average Bonchev–Trinajstić information content (AvgIpc) is 3.05. The van der Waals surface area contributed by atoms with Crippen LogP contribution < -0.4 is 11.1 Å². The zero-order valence-electron chi connectivity index (χ0n) is 14.0. The maximum absolute atomic E-state index is 12.7. The number of aromatic nitrogens is 2. The van der Waals surface area contributed by atoms with E-state index in [1.807, 2.05) is 30.3 Å². The standard InChI is InChI=1S/C20H13N5OS/c21-10-12-3-1-5-14(9-12)24-19(26)18-17(22)15-6-7-16(25-20(15)27-18)13-4-2-8-23-11-13/h1-9,11H,22H2,(H,24,26). The fourth-order valence-electron chi connectivity index (χ4n) is 2.70. The predicted octanol–water partition coefficient (Wildman–Crippen LogP) is 4.06. The molecule has 0 aliphatic carbocycles. The maximum Gasteiger partial charge on any atom is 0.267 e. The Bertz CT molecular complexity index is 1190. The summed E-state index contributed by atoms with van der Waals surface area (Å²) in [5.41, 5.74) is 9.26. The van der Waals surface area contributed by atoms with Crippen LogP contribution in [0.4, 0.5) is 11.4 Å². The van der Waals surface area contributed by atoms with Gasteiger partial charge in [0.25, 0.3) is 5.91 Å².